The zero-order chi connectivity index (χ0) is 21.9. The van der Waals surface area contributed by atoms with Gasteiger partial charge in [-0.15, -0.1) is 0 Å². The van der Waals surface area contributed by atoms with Crippen LogP contribution in [0.25, 0.3) is 0 Å². The second-order valence-electron chi connectivity index (χ2n) is 7.61. The molecule has 1 amide bonds. The van der Waals surface area contributed by atoms with Crippen LogP contribution >= 0.6 is 0 Å². The molecule has 1 saturated heterocycles. The predicted molar refractivity (Wildman–Crippen MR) is 104 cm³/mol. The first-order chi connectivity index (χ1) is 14.1. The van der Waals surface area contributed by atoms with Crippen molar-refractivity contribution in [3.63, 3.8) is 0 Å². The number of nitrogens with zero attached hydrogens (tertiary/aromatic N) is 2. The van der Waals surface area contributed by atoms with Gasteiger partial charge in [0.05, 0.1) is 5.56 Å². The zero-order valence-corrected chi connectivity index (χ0v) is 16.8. The van der Waals surface area contributed by atoms with E-state index >= 15 is 0 Å². The molecule has 0 saturated carbocycles. The molecule has 1 aliphatic heterocycles. The lowest BCUT2D eigenvalue weighted by atomic mass is 10.1. The van der Waals surface area contributed by atoms with Crippen LogP contribution in [-0.2, 0) is 17.5 Å². The second kappa shape index (κ2) is 9.04. The van der Waals surface area contributed by atoms with E-state index in [-0.39, 0.29) is 36.2 Å². The summed E-state index contributed by atoms with van der Waals surface area (Å²) < 4.78 is 56.9. The molecule has 3 rings (SSSR count). The summed E-state index contributed by atoms with van der Waals surface area (Å²) >= 11 is 0. The number of piperazine rings is 1. The molecule has 162 valence electrons. The average molecular weight is 424 g/mol. The van der Waals surface area contributed by atoms with Gasteiger partial charge in [0.15, 0.2) is 6.61 Å². The maximum atomic E-state index is 13.1. The quantitative estimate of drug-likeness (QED) is 0.670. The number of carbonyl (C=O) groups excluding carboxylic acids is 1. The van der Waals surface area contributed by atoms with Crippen LogP contribution in [0, 0.1) is 5.82 Å². The molecular formula is C22H24F4N2O2. The second-order valence-corrected chi connectivity index (χ2v) is 7.61. The molecule has 0 aromatic heterocycles. The van der Waals surface area contributed by atoms with E-state index in [1.54, 1.807) is 17.0 Å². The normalized spacial score (nSPS) is 20.3. The first kappa shape index (κ1) is 22.1. The van der Waals surface area contributed by atoms with Gasteiger partial charge in [-0.3, -0.25) is 9.69 Å². The fourth-order valence-corrected chi connectivity index (χ4v) is 3.58. The Morgan fingerprint density at radius 3 is 2.43 bits per heavy atom. The van der Waals surface area contributed by atoms with Crippen LogP contribution in [0.2, 0.25) is 0 Å². The number of hydrogen-bond acceptors (Lipinski definition) is 3. The zero-order valence-electron chi connectivity index (χ0n) is 16.8. The van der Waals surface area contributed by atoms with Crippen molar-refractivity contribution in [3.8, 4) is 5.75 Å². The molecule has 30 heavy (non-hydrogen) atoms. The number of carbonyl (C=O) groups is 1. The molecule has 2 aromatic rings. The molecule has 1 aliphatic rings. The van der Waals surface area contributed by atoms with Gasteiger partial charge in [0.1, 0.15) is 11.6 Å². The Morgan fingerprint density at radius 1 is 1.07 bits per heavy atom. The lowest BCUT2D eigenvalue weighted by Crippen LogP contribution is -2.58. The van der Waals surface area contributed by atoms with E-state index in [9.17, 15) is 22.4 Å². The fourth-order valence-electron chi connectivity index (χ4n) is 3.58. The van der Waals surface area contributed by atoms with Gasteiger partial charge in [-0.2, -0.15) is 13.2 Å². The largest absolute Gasteiger partial charge is 0.484 e. The maximum Gasteiger partial charge on any atom is 0.416 e. The van der Waals surface area contributed by atoms with Gasteiger partial charge in [0.2, 0.25) is 0 Å². The Kier molecular flexibility index (Phi) is 6.65. The lowest BCUT2D eigenvalue weighted by molar-refractivity contribution is -0.139. The van der Waals surface area contributed by atoms with Gasteiger partial charge < -0.3 is 9.64 Å². The summed E-state index contributed by atoms with van der Waals surface area (Å²) in [6.45, 7) is 5.36. The van der Waals surface area contributed by atoms with E-state index in [2.05, 4.69) is 4.90 Å². The topological polar surface area (TPSA) is 32.8 Å². The summed E-state index contributed by atoms with van der Waals surface area (Å²) in [5, 5.41) is 0. The Hall–Kier alpha value is -2.61. The maximum absolute atomic E-state index is 13.1. The first-order valence-electron chi connectivity index (χ1n) is 9.71. The van der Waals surface area contributed by atoms with E-state index in [1.165, 1.54) is 24.3 Å². The van der Waals surface area contributed by atoms with E-state index in [1.807, 2.05) is 13.8 Å². The van der Waals surface area contributed by atoms with Crippen molar-refractivity contribution in [2.45, 2.75) is 38.7 Å². The number of benzene rings is 2. The molecule has 2 aromatic carbocycles. The highest BCUT2D eigenvalue weighted by molar-refractivity contribution is 5.78. The van der Waals surface area contributed by atoms with Crippen molar-refractivity contribution in [2.75, 3.05) is 19.7 Å². The minimum Gasteiger partial charge on any atom is -0.484 e. The van der Waals surface area contributed by atoms with Crippen LogP contribution in [0.15, 0.2) is 48.5 Å². The van der Waals surface area contributed by atoms with E-state index in [4.69, 9.17) is 4.74 Å². The highest BCUT2D eigenvalue weighted by Crippen LogP contribution is 2.31. The van der Waals surface area contributed by atoms with Crippen LogP contribution < -0.4 is 4.74 Å². The van der Waals surface area contributed by atoms with E-state index in [0.717, 1.165) is 17.7 Å². The number of hydrogen-bond donors (Lipinski definition) is 0. The predicted octanol–water partition coefficient (Wildman–Crippen LogP) is 4.34. The minimum atomic E-state index is -4.46. The summed E-state index contributed by atoms with van der Waals surface area (Å²) in [6.07, 6.45) is -4.46. The van der Waals surface area contributed by atoms with Gasteiger partial charge in [-0.25, -0.2) is 4.39 Å². The summed E-state index contributed by atoms with van der Waals surface area (Å²) in [6, 6.07) is 10.8. The van der Waals surface area contributed by atoms with Crippen molar-refractivity contribution in [3.05, 3.63) is 65.5 Å². The Morgan fingerprint density at radius 2 is 1.77 bits per heavy atom. The third-order valence-electron chi connectivity index (χ3n) is 5.26. The molecular weight excluding hydrogens is 400 g/mol. The Bertz CT molecular complexity index is 870. The van der Waals surface area contributed by atoms with Gasteiger partial charge in [-0.05, 0) is 49.7 Å². The van der Waals surface area contributed by atoms with E-state index in [0.29, 0.717) is 19.6 Å². The third-order valence-corrected chi connectivity index (χ3v) is 5.26. The summed E-state index contributed by atoms with van der Waals surface area (Å²) in [4.78, 5) is 16.5. The summed E-state index contributed by atoms with van der Waals surface area (Å²) in [5.74, 6) is -0.543. The molecule has 1 heterocycles. The monoisotopic (exact) mass is 424 g/mol. The lowest BCUT2D eigenvalue weighted by Gasteiger charge is -2.44. The van der Waals surface area contributed by atoms with Gasteiger partial charge in [0, 0.05) is 31.7 Å². The Labute approximate surface area is 173 Å². The van der Waals surface area contributed by atoms with Gasteiger partial charge in [-0.1, -0.05) is 18.2 Å². The van der Waals surface area contributed by atoms with Crippen molar-refractivity contribution in [2.24, 2.45) is 0 Å². The van der Waals surface area contributed by atoms with Crippen molar-refractivity contribution < 1.29 is 27.1 Å². The molecule has 4 nitrogen and oxygen atoms in total. The van der Waals surface area contributed by atoms with Gasteiger partial charge >= 0.3 is 6.18 Å². The SMILES string of the molecule is C[C@@H]1CN(Cc2ccc(F)cc2)[C@@H](C)CN1C(=O)COc1cccc(C(F)(F)F)c1. The van der Waals surface area contributed by atoms with Crippen LogP contribution in [0.1, 0.15) is 25.0 Å². The molecule has 0 unspecified atom stereocenters. The summed E-state index contributed by atoms with van der Waals surface area (Å²) in [5.41, 5.74) is 0.173. The van der Waals surface area contributed by atoms with Gasteiger partial charge in [0.25, 0.3) is 5.91 Å². The molecule has 0 N–H and O–H groups in total. The number of rotatable bonds is 5. The minimum absolute atomic E-state index is 0.00817. The standard InChI is InChI=1S/C22H24F4N2O2/c1-15-12-28(16(2)11-27(15)13-17-6-8-19(23)9-7-17)21(29)14-30-20-5-3-4-18(10-20)22(24,25)26/h3-10,15-16H,11-14H2,1-2H3/t15-,16+/m0/s1. The number of alkyl halides is 3. The van der Waals surface area contributed by atoms with Crippen LogP contribution in [0.4, 0.5) is 17.6 Å². The average Bonchev–Trinajstić information content (AvgIpc) is 2.70. The molecule has 0 spiro atoms. The smallest absolute Gasteiger partial charge is 0.416 e. The van der Waals surface area contributed by atoms with Crippen molar-refractivity contribution in [1.29, 1.82) is 0 Å². The van der Waals surface area contributed by atoms with Crippen LogP contribution in [0.5, 0.6) is 5.75 Å². The highest BCUT2D eigenvalue weighted by atomic mass is 19.4. The molecule has 0 aliphatic carbocycles. The summed E-state index contributed by atoms with van der Waals surface area (Å²) in [7, 11) is 0. The molecule has 0 radical (unpaired) electrons. The third kappa shape index (κ3) is 5.50. The molecule has 0 bridgehead atoms. The highest BCUT2D eigenvalue weighted by Gasteiger charge is 2.33. The number of amides is 1. The molecule has 8 heteroatoms. The van der Waals surface area contributed by atoms with Crippen LogP contribution in [0.3, 0.4) is 0 Å². The van der Waals surface area contributed by atoms with Crippen molar-refractivity contribution >= 4 is 5.91 Å². The van der Waals surface area contributed by atoms with Crippen molar-refractivity contribution in [1.82, 2.24) is 9.80 Å². The first-order valence-corrected chi connectivity index (χ1v) is 9.71. The number of halogens is 4. The molecule has 2 atom stereocenters. The Balaban J connectivity index is 1.56. The van der Waals surface area contributed by atoms with E-state index < -0.39 is 11.7 Å². The fraction of sp³-hybridized carbons (Fsp3) is 0.409. The number of ether oxygens (including phenoxy) is 1. The van der Waals surface area contributed by atoms with Crippen LogP contribution in [-0.4, -0.2) is 47.5 Å². The molecule has 1 fully saturated rings.